The van der Waals surface area contributed by atoms with Gasteiger partial charge in [0.25, 0.3) is 0 Å². The first-order valence-corrected chi connectivity index (χ1v) is 8.97. The van der Waals surface area contributed by atoms with Gasteiger partial charge in [0.05, 0.1) is 24.1 Å². The third-order valence-electron chi connectivity index (χ3n) is 4.80. The number of hydrogen-bond acceptors (Lipinski definition) is 3. The van der Waals surface area contributed by atoms with Crippen molar-refractivity contribution in [2.45, 2.75) is 19.9 Å². The van der Waals surface area contributed by atoms with E-state index in [1.54, 1.807) is 6.33 Å². The predicted octanol–water partition coefficient (Wildman–Crippen LogP) is 4.38. The smallest absolute Gasteiger partial charge is 0.160 e. The Morgan fingerprint density at radius 2 is 1.92 bits per heavy atom. The van der Waals surface area contributed by atoms with Crippen LogP contribution in [0.15, 0.2) is 55.0 Å². The molecule has 0 aliphatic carbocycles. The first-order valence-electron chi connectivity index (χ1n) is 8.59. The van der Waals surface area contributed by atoms with Gasteiger partial charge in [-0.25, -0.2) is 14.6 Å². The molecule has 0 saturated carbocycles. The summed E-state index contributed by atoms with van der Waals surface area (Å²) in [6, 6.07) is 14.2. The Bertz CT molecular complexity index is 1110. The summed E-state index contributed by atoms with van der Waals surface area (Å²) in [4.78, 5) is 9.25. The van der Waals surface area contributed by atoms with Crippen molar-refractivity contribution in [3.63, 3.8) is 0 Å². The van der Waals surface area contributed by atoms with Gasteiger partial charge in [-0.3, -0.25) is 4.57 Å². The van der Waals surface area contributed by atoms with Gasteiger partial charge in [0, 0.05) is 16.1 Å². The highest BCUT2D eigenvalue weighted by Crippen LogP contribution is 2.38. The molecule has 4 aromatic rings. The maximum absolute atomic E-state index is 6.47. The van der Waals surface area contributed by atoms with E-state index in [9.17, 15) is 0 Å². The standard InChI is InChI=1S/C20H16ClN5/c1-2-13-8-15(21)9-17-18(13)20-23-12-24-25(20)11-16-10-22-19(26(16)17)14-6-4-3-5-7-14/h3-10,12H,2,11H2,1H3. The van der Waals surface area contributed by atoms with Gasteiger partial charge in [-0.2, -0.15) is 5.10 Å². The summed E-state index contributed by atoms with van der Waals surface area (Å²) in [5, 5.41) is 5.14. The van der Waals surface area contributed by atoms with Gasteiger partial charge in [0.2, 0.25) is 0 Å². The number of imidazole rings is 1. The summed E-state index contributed by atoms with van der Waals surface area (Å²) < 4.78 is 4.12. The lowest BCUT2D eigenvalue weighted by Crippen LogP contribution is -2.05. The zero-order valence-corrected chi connectivity index (χ0v) is 15.0. The van der Waals surface area contributed by atoms with Crippen LogP contribution in [0.2, 0.25) is 5.02 Å². The minimum atomic E-state index is 0.616. The number of fused-ring (bicyclic) bond motifs is 5. The zero-order valence-electron chi connectivity index (χ0n) is 14.2. The average molecular weight is 362 g/mol. The molecule has 5 rings (SSSR count). The quantitative estimate of drug-likeness (QED) is 0.469. The van der Waals surface area contributed by atoms with Crippen LogP contribution in [0.1, 0.15) is 18.2 Å². The van der Waals surface area contributed by atoms with Crippen LogP contribution in [0, 0.1) is 0 Å². The van der Waals surface area contributed by atoms with Crippen molar-refractivity contribution in [3.05, 3.63) is 71.3 Å². The molecule has 0 saturated heterocycles. The van der Waals surface area contributed by atoms with Crippen LogP contribution in [-0.4, -0.2) is 24.3 Å². The molecule has 1 aliphatic rings. The van der Waals surface area contributed by atoms with Crippen LogP contribution < -0.4 is 0 Å². The van der Waals surface area contributed by atoms with Crippen molar-refractivity contribution in [2.24, 2.45) is 0 Å². The van der Waals surface area contributed by atoms with Crippen molar-refractivity contribution in [1.82, 2.24) is 24.3 Å². The summed E-state index contributed by atoms with van der Waals surface area (Å²) in [5.41, 5.74) is 5.35. The molecule has 2 aromatic carbocycles. The SMILES string of the molecule is CCc1cc(Cl)cc2c1-c1ncnn1Cc1cnc(-c3ccccc3)n1-2. The molecule has 0 N–H and O–H groups in total. The number of rotatable bonds is 2. The molecule has 0 amide bonds. The minimum Gasteiger partial charge on any atom is -0.294 e. The third kappa shape index (κ3) is 2.21. The molecule has 1 aliphatic heterocycles. The van der Waals surface area contributed by atoms with Gasteiger partial charge in [-0.1, -0.05) is 48.9 Å². The van der Waals surface area contributed by atoms with Crippen LogP contribution in [0.4, 0.5) is 0 Å². The Hall–Kier alpha value is -2.92. The Balaban J connectivity index is 1.88. The van der Waals surface area contributed by atoms with E-state index in [1.807, 2.05) is 41.2 Å². The van der Waals surface area contributed by atoms with Gasteiger partial charge in [0.15, 0.2) is 5.82 Å². The average Bonchev–Trinajstić information content (AvgIpc) is 3.27. The number of aromatic nitrogens is 5. The summed E-state index contributed by atoms with van der Waals surface area (Å²) >= 11 is 6.47. The Labute approximate surface area is 155 Å². The lowest BCUT2D eigenvalue weighted by Gasteiger charge is -2.16. The fraction of sp³-hybridized carbons (Fsp3) is 0.150. The molecule has 6 heteroatoms. The van der Waals surface area contributed by atoms with Crippen LogP contribution in [0.25, 0.3) is 28.5 Å². The lowest BCUT2D eigenvalue weighted by atomic mass is 10.0. The Morgan fingerprint density at radius 1 is 1.08 bits per heavy atom. The fourth-order valence-electron chi connectivity index (χ4n) is 3.65. The van der Waals surface area contributed by atoms with Crippen molar-refractivity contribution in [1.29, 1.82) is 0 Å². The van der Waals surface area contributed by atoms with Gasteiger partial charge in [-0.15, -0.1) is 0 Å². The molecule has 0 unspecified atom stereocenters. The molecular weight excluding hydrogens is 346 g/mol. The molecule has 3 heterocycles. The van der Waals surface area contributed by atoms with Gasteiger partial charge in [-0.05, 0) is 24.1 Å². The zero-order chi connectivity index (χ0) is 17.7. The molecule has 128 valence electrons. The Kier molecular flexibility index (Phi) is 3.43. The van der Waals surface area contributed by atoms with Gasteiger partial charge in [0.1, 0.15) is 12.2 Å². The van der Waals surface area contributed by atoms with E-state index < -0.39 is 0 Å². The molecule has 0 radical (unpaired) electrons. The maximum Gasteiger partial charge on any atom is 0.160 e. The van der Waals surface area contributed by atoms with Crippen molar-refractivity contribution >= 4 is 11.6 Å². The lowest BCUT2D eigenvalue weighted by molar-refractivity contribution is 0.678. The fourth-order valence-corrected chi connectivity index (χ4v) is 3.88. The highest BCUT2D eigenvalue weighted by Gasteiger charge is 2.26. The molecule has 26 heavy (non-hydrogen) atoms. The number of aryl methyl sites for hydroxylation is 1. The summed E-state index contributed by atoms with van der Waals surface area (Å²) in [7, 11) is 0. The van der Waals surface area contributed by atoms with Crippen LogP contribution in [0.5, 0.6) is 0 Å². The molecule has 0 spiro atoms. The maximum atomic E-state index is 6.47. The van der Waals surface area contributed by atoms with E-state index in [0.717, 1.165) is 46.1 Å². The van der Waals surface area contributed by atoms with Gasteiger partial charge >= 0.3 is 0 Å². The van der Waals surface area contributed by atoms with E-state index >= 15 is 0 Å². The molecule has 2 aromatic heterocycles. The van der Waals surface area contributed by atoms with Crippen molar-refractivity contribution < 1.29 is 0 Å². The molecule has 0 atom stereocenters. The minimum absolute atomic E-state index is 0.616. The summed E-state index contributed by atoms with van der Waals surface area (Å²) in [6.45, 7) is 2.75. The molecule has 0 fully saturated rings. The topological polar surface area (TPSA) is 48.5 Å². The normalized spacial score (nSPS) is 12.2. The van der Waals surface area contributed by atoms with E-state index in [0.29, 0.717) is 11.6 Å². The third-order valence-corrected chi connectivity index (χ3v) is 5.02. The number of nitrogens with zero attached hydrogens (tertiary/aromatic N) is 5. The second kappa shape index (κ2) is 5.81. The van der Waals surface area contributed by atoms with Crippen LogP contribution in [0.3, 0.4) is 0 Å². The molecule has 5 nitrogen and oxygen atoms in total. The number of benzene rings is 2. The van der Waals surface area contributed by atoms with Crippen molar-refractivity contribution in [3.8, 4) is 28.5 Å². The summed E-state index contributed by atoms with van der Waals surface area (Å²) in [6.07, 6.45) is 4.38. The van der Waals surface area contributed by atoms with E-state index in [2.05, 4.69) is 33.7 Å². The van der Waals surface area contributed by atoms with Gasteiger partial charge < -0.3 is 0 Å². The second-order valence-corrected chi connectivity index (χ2v) is 6.76. The van der Waals surface area contributed by atoms with E-state index in [1.165, 1.54) is 0 Å². The molecule has 0 bridgehead atoms. The highest BCUT2D eigenvalue weighted by molar-refractivity contribution is 6.31. The van der Waals surface area contributed by atoms with E-state index in [4.69, 9.17) is 16.6 Å². The predicted molar refractivity (Wildman–Crippen MR) is 102 cm³/mol. The number of hydrogen-bond donors (Lipinski definition) is 0. The summed E-state index contributed by atoms with van der Waals surface area (Å²) in [5.74, 6) is 1.77. The monoisotopic (exact) mass is 361 g/mol. The first-order chi connectivity index (χ1) is 12.8. The number of halogens is 1. The van der Waals surface area contributed by atoms with E-state index in [-0.39, 0.29) is 0 Å². The van der Waals surface area contributed by atoms with Crippen LogP contribution in [-0.2, 0) is 13.0 Å². The second-order valence-electron chi connectivity index (χ2n) is 6.33. The largest absolute Gasteiger partial charge is 0.294 e. The first kappa shape index (κ1) is 15.3. The molecular formula is C20H16ClN5. The van der Waals surface area contributed by atoms with Crippen LogP contribution >= 0.6 is 11.6 Å². The Morgan fingerprint density at radius 3 is 2.73 bits per heavy atom. The highest BCUT2D eigenvalue weighted by atomic mass is 35.5. The van der Waals surface area contributed by atoms with Crippen molar-refractivity contribution in [2.75, 3.05) is 0 Å².